The van der Waals surface area contributed by atoms with Crippen LogP contribution in [0.5, 0.6) is 0 Å². The minimum Gasteiger partial charge on any atom is -0.481 e. The molecule has 1 atom stereocenters. The zero-order valence-electron chi connectivity index (χ0n) is 11.3. The summed E-state index contributed by atoms with van der Waals surface area (Å²) in [6, 6.07) is 9.60. The highest BCUT2D eigenvalue weighted by molar-refractivity contribution is 7.20. The van der Waals surface area contributed by atoms with E-state index in [-0.39, 0.29) is 5.82 Å². The standard InChI is InChI=1S/C15H14BFO2S/c1-15(2,14(18)19)13(11-6-7-12(16)20-11)9-4-3-5-10(17)8-9/h3-8,13H,1-2H3,(H,18,19). The highest BCUT2D eigenvalue weighted by Crippen LogP contribution is 2.42. The molecule has 2 radical (unpaired) electrons. The molecule has 0 amide bonds. The fraction of sp³-hybridized carbons (Fsp3) is 0.267. The molecular formula is C15H14BFO2S. The van der Waals surface area contributed by atoms with Crippen molar-refractivity contribution in [3.8, 4) is 0 Å². The van der Waals surface area contributed by atoms with Gasteiger partial charge < -0.3 is 5.11 Å². The van der Waals surface area contributed by atoms with Crippen LogP contribution in [0, 0.1) is 11.2 Å². The number of hydrogen-bond donors (Lipinski definition) is 1. The molecule has 0 fully saturated rings. The van der Waals surface area contributed by atoms with Crippen LogP contribution in [0.4, 0.5) is 4.39 Å². The highest BCUT2D eigenvalue weighted by atomic mass is 32.1. The van der Waals surface area contributed by atoms with Crippen molar-refractivity contribution in [3.05, 3.63) is 52.7 Å². The molecule has 0 saturated heterocycles. The van der Waals surface area contributed by atoms with Gasteiger partial charge in [-0.05, 0) is 42.4 Å². The van der Waals surface area contributed by atoms with Crippen molar-refractivity contribution in [2.75, 3.05) is 0 Å². The summed E-state index contributed by atoms with van der Waals surface area (Å²) < 4.78 is 14.1. The van der Waals surface area contributed by atoms with Gasteiger partial charge in [0.2, 0.25) is 0 Å². The Bertz CT molecular complexity index is 636. The third kappa shape index (κ3) is 2.77. The second kappa shape index (κ2) is 5.41. The number of benzene rings is 1. The van der Waals surface area contributed by atoms with Gasteiger partial charge >= 0.3 is 5.97 Å². The van der Waals surface area contributed by atoms with E-state index in [1.165, 1.54) is 23.5 Å². The minimum absolute atomic E-state index is 0.377. The smallest absolute Gasteiger partial charge is 0.310 e. The van der Waals surface area contributed by atoms with Crippen LogP contribution in [0.1, 0.15) is 30.2 Å². The van der Waals surface area contributed by atoms with Crippen LogP contribution in [-0.4, -0.2) is 18.9 Å². The van der Waals surface area contributed by atoms with Crippen molar-refractivity contribution in [1.82, 2.24) is 0 Å². The average molecular weight is 288 g/mol. The summed E-state index contributed by atoms with van der Waals surface area (Å²) in [6.45, 7) is 3.28. The van der Waals surface area contributed by atoms with E-state index >= 15 is 0 Å². The van der Waals surface area contributed by atoms with Gasteiger partial charge in [0.1, 0.15) is 13.7 Å². The maximum atomic E-state index is 13.5. The van der Waals surface area contributed by atoms with Crippen LogP contribution >= 0.6 is 11.3 Å². The summed E-state index contributed by atoms with van der Waals surface area (Å²) in [7, 11) is 5.74. The number of aliphatic carboxylic acids is 1. The van der Waals surface area contributed by atoms with E-state index in [9.17, 15) is 14.3 Å². The van der Waals surface area contributed by atoms with Crippen LogP contribution in [0.3, 0.4) is 0 Å². The molecule has 2 aromatic rings. The summed E-state index contributed by atoms with van der Waals surface area (Å²) in [5.74, 6) is -1.75. The fourth-order valence-corrected chi connectivity index (χ4v) is 3.36. The second-order valence-electron chi connectivity index (χ2n) is 5.25. The Morgan fingerprint density at radius 1 is 1.35 bits per heavy atom. The zero-order chi connectivity index (χ0) is 14.9. The van der Waals surface area contributed by atoms with Gasteiger partial charge in [-0.15, -0.1) is 0 Å². The lowest BCUT2D eigenvalue weighted by molar-refractivity contribution is -0.147. The van der Waals surface area contributed by atoms with E-state index in [0.29, 0.717) is 10.3 Å². The molecular weight excluding hydrogens is 274 g/mol. The molecule has 2 rings (SSSR count). The largest absolute Gasteiger partial charge is 0.481 e. The molecule has 0 aliphatic rings. The molecule has 0 saturated carbocycles. The monoisotopic (exact) mass is 288 g/mol. The lowest BCUT2D eigenvalue weighted by Crippen LogP contribution is -2.31. The number of carboxylic acid groups (broad SMARTS) is 1. The Morgan fingerprint density at radius 2 is 2.05 bits per heavy atom. The minimum atomic E-state index is -1.06. The number of rotatable bonds is 4. The molecule has 1 unspecified atom stereocenters. The van der Waals surface area contributed by atoms with Gasteiger partial charge in [0.25, 0.3) is 0 Å². The summed E-state index contributed by atoms with van der Waals surface area (Å²) in [5, 5.41) is 9.49. The van der Waals surface area contributed by atoms with Gasteiger partial charge in [0.15, 0.2) is 0 Å². The van der Waals surface area contributed by atoms with Crippen LogP contribution in [0.2, 0.25) is 0 Å². The first kappa shape index (κ1) is 14.8. The quantitative estimate of drug-likeness (QED) is 0.878. The number of carbonyl (C=O) groups is 1. The third-order valence-corrected chi connectivity index (χ3v) is 4.37. The molecule has 5 heteroatoms. The summed E-state index contributed by atoms with van der Waals surface area (Å²) in [6.07, 6.45) is 0. The van der Waals surface area contributed by atoms with E-state index < -0.39 is 17.3 Å². The summed E-state index contributed by atoms with van der Waals surface area (Å²) >= 11 is 1.33. The SMILES string of the molecule is [B]c1ccc(C(c2cccc(F)c2)C(C)(C)C(=O)O)s1. The Kier molecular flexibility index (Phi) is 4.00. The van der Waals surface area contributed by atoms with Gasteiger partial charge in [-0.2, -0.15) is 11.3 Å². The average Bonchev–Trinajstić information content (AvgIpc) is 2.75. The van der Waals surface area contributed by atoms with Gasteiger partial charge in [-0.25, -0.2) is 4.39 Å². The van der Waals surface area contributed by atoms with Crippen molar-refractivity contribution in [3.63, 3.8) is 0 Å². The van der Waals surface area contributed by atoms with Gasteiger partial charge in [0, 0.05) is 10.8 Å². The zero-order valence-corrected chi connectivity index (χ0v) is 12.1. The van der Waals surface area contributed by atoms with E-state index in [0.717, 1.165) is 4.88 Å². The molecule has 102 valence electrons. The molecule has 1 aromatic carbocycles. The van der Waals surface area contributed by atoms with Crippen LogP contribution in [0.15, 0.2) is 36.4 Å². The molecule has 1 aromatic heterocycles. The molecule has 2 nitrogen and oxygen atoms in total. The first-order chi connectivity index (χ1) is 9.32. The Labute approximate surface area is 122 Å². The predicted molar refractivity (Wildman–Crippen MR) is 79.4 cm³/mol. The molecule has 0 spiro atoms. The van der Waals surface area contributed by atoms with E-state index in [1.807, 2.05) is 0 Å². The molecule has 0 bridgehead atoms. The van der Waals surface area contributed by atoms with Crippen molar-refractivity contribution >= 4 is 29.9 Å². The molecule has 0 aliphatic carbocycles. The molecule has 20 heavy (non-hydrogen) atoms. The van der Waals surface area contributed by atoms with Crippen molar-refractivity contribution in [2.45, 2.75) is 19.8 Å². The number of hydrogen-bond acceptors (Lipinski definition) is 2. The maximum Gasteiger partial charge on any atom is 0.310 e. The molecule has 0 aliphatic heterocycles. The Balaban J connectivity index is 2.58. The number of halogens is 1. The van der Waals surface area contributed by atoms with Crippen molar-refractivity contribution in [2.24, 2.45) is 5.41 Å². The van der Waals surface area contributed by atoms with Crippen LogP contribution in [-0.2, 0) is 4.79 Å². The van der Waals surface area contributed by atoms with Gasteiger partial charge in [0.05, 0.1) is 5.41 Å². The van der Waals surface area contributed by atoms with Crippen LogP contribution in [0.25, 0.3) is 0 Å². The maximum absolute atomic E-state index is 13.5. The number of thiophene rings is 1. The third-order valence-electron chi connectivity index (χ3n) is 3.39. The topological polar surface area (TPSA) is 37.3 Å². The van der Waals surface area contributed by atoms with Crippen molar-refractivity contribution in [1.29, 1.82) is 0 Å². The predicted octanol–water partition coefficient (Wildman–Crippen LogP) is 2.92. The Hall–Kier alpha value is -1.62. The first-order valence-electron chi connectivity index (χ1n) is 6.16. The van der Waals surface area contributed by atoms with E-state index in [4.69, 9.17) is 7.85 Å². The van der Waals surface area contributed by atoms with E-state index in [2.05, 4.69) is 0 Å². The molecule has 1 heterocycles. The first-order valence-corrected chi connectivity index (χ1v) is 6.98. The molecule has 1 N–H and O–H groups in total. The normalized spacial score (nSPS) is 13.2. The Morgan fingerprint density at radius 3 is 2.55 bits per heavy atom. The van der Waals surface area contributed by atoms with Gasteiger partial charge in [-0.3, -0.25) is 4.79 Å². The summed E-state index contributed by atoms with van der Waals surface area (Å²) in [5.41, 5.74) is -0.426. The summed E-state index contributed by atoms with van der Waals surface area (Å²) in [4.78, 5) is 12.4. The highest BCUT2D eigenvalue weighted by Gasteiger charge is 2.39. The van der Waals surface area contributed by atoms with E-state index in [1.54, 1.807) is 38.1 Å². The lowest BCUT2D eigenvalue weighted by Gasteiger charge is -2.30. The second-order valence-corrected chi connectivity index (χ2v) is 6.40. The van der Waals surface area contributed by atoms with Gasteiger partial charge in [-0.1, -0.05) is 18.2 Å². The number of carboxylic acids is 1. The van der Waals surface area contributed by atoms with Crippen molar-refractivity contribution < 1.29 is 14.3 Å². The van der Waals surface area contributed by atoms with Crippen LogP contribution < -0.4 is 4.78 Å². The lowest BCUT2D eigenvalue weighted by atomic mass is 9.74. The fourth-order valence-electron chi connectivity index (χ4n) is 2.27.